The fraction of sp³-hybridized carbons (Fsp3) is 0.625. The van der Waals surface area contributed by atoms with E-state index in [0.717, 1.165) is 43.7 Å². The number of rotatable bonds is 9. The van der Waals surface area contributed by atoms with E-state index in [0.29, 0.717) is 5.92 Å². The summed E-state index contributed by atoms with van der Waals surface area (Å²) in [6.45, 7) is 9.10. The van der Waals surface area contributed by atoms with Crippen LogP contribution in [0.2, 0.25) is 0 Å². The molecule has 0 saturated heterocycles. The van der Waals surface area contributed by atoms with Gasteiger partial charge in [0, 0.05) is 37.5 Å². The third-order valence-corrected chi connectivity index (χ3v) is 3.63. The van der Waals surface area contributed by atoms with Gasteiger partial charge in [-0.15, -0.1) is 0 Å². The molecule has 0 radical (unpaired) electrons. The summed E-state index contributed by atoms with van der Waals surface area (Å²) < 4.78 is 0. The van der Waals surface area contributed by atoms with Crippen molar-refractivity contribution in [2.75, 3.05) is 25.5 Å². The number of benzene rings is 1. The van der Waals surface area contributed by atoms with Crippen LogP contribution >= 0.6 is 0 Å². The van der Waals surface area contributed by atoms with Gasteiger partial charge in [0.2, 0.25) is 0 Å². The van der Waals surface area contributed by atoms with Crippen LogP contribution in [0.4, 0.5) is 11.4 Å². The fourth-order valence-corrected chi connectivity index (χ4v) is 2.27. The second kappa shape index (κ2) is 8.62. The number of hydrogen-bond donors (Lipinski definition) is 1. The van der Waals surface area contributed by atoms with Crippen LogP contribution in [0.25, 0.3) is 0 Å². The first kappa shape index (κ1) is 17.4. The molecule has 1 N–H and O–H groups in total. The molecule has 0 amide bonds. The molecule has 21 heavy (non-hydrogen) atoms. The van der Waals surface area contributed by atoms with E-state index in [1.165, 1.54) is 0 Å². The Bertz CT molecular complexity index is 463. The Morgan fingerprint density at radius 2 is 2.10 bits per heavy atom. The minimum absolute atomic E-state index is 0.156. The number of nitro benzene ring substituents is 1. The first-order valence-corrected chi connectivity index (χ1v) is 7.67. The number of nitrogens with zero attached hydrogens (tertiary/aromatic N) is 2. The molecule has 0 spiro atoms. The zero-order valence-corrected chi connectivity index (χ0v) is 13.6. The zero-order chi connectivity index (χ0) is 15.8. The van der Waals surface area contributed by atoms with Gasteiger partial charge in [-0.05, 0) is 31.0 Å². The van der Waals surface area contributed by atoms with Crippen LogP contribution in [0.15, 0.2) is 18.2 Å². The smallest absolute Gasteiger partial charge is 0.269 e. The van der Waals surface area contributed by atoms with Gasteiger partial charge in [0.15, 0.2) is 0 Å². The first-order valence-electron chi connectivity index (χ1n) is 7.67. The molecule has 0 aliphatic heterocycles. The third-order valence-electron chi connectivity index (χ3n) is 3.63. The first-order chi connectivity index (χ1) is 9.97. The van der Waals surface area contributed by atoms with Crippen molar-refractivity contribution >= 4 is 11.4 Å². The maximum Gasteiger partial charge on any atom is 0.269 e. The molecular formula is C16H27N3O2. The molecule has 118 valence electrons. The molecule has 0 saturated carbocycles. The standard InChI is InChI=1S/C16H27N3O2/c1-5-9-17-16-8-7-15(19(20)21)10-14(16)12-18(4)11-13(3)6-2/h7-8,10,13,17H,5-6,9,11-12H2,1-4H3. The number of hydrogen-bond acceptors (Lipinski definition) is 4. The molecule has 1 unspecified atom stereocenters. The SMILES string of the molecule is CCCNc1ccc([N+](=O)[O-])cc1CN(C)CC(C)CC. The highest BCUT2D eigenvalue weighted by atomic mass is 16.6. The van der Waals surface area contributed by atoms with Crippen molar-refractivity contribution in [1.29, 1.82) is 0 Å². The summed E-state index contributed by atoms with van der Waals surface area (Å²) >= 11 is 0. The highest BCUT2D eigenvalue weighted by Crippen LogP contribution is 2.23. The van der Waals surface area contributed by atoms with Crippen molar-refractivity contribution in [2.24, 2.45) is 5.92 Å². The van der Waals surface area contributed by atoms with Crippen LogP contribution in [-0.4, -0.2) is 30.0 Å². The molecule has 1 aromatic carbocycles. The highest BCUT2D eigenvalue weighted by molar-refractivity contribution is 5.56. The average Bonchev–Trinajstić information content (AvgIpc) is 2.45. The van der Waals surface area contributed by atoms with Gasteiger partial charge in [-0.1, -0.05) is 27.2 Å². The van der Waals surface area contributed by atoms with Crippen molar-refractivity contribution < 1.29 is 4.92 Å². The lowest BCUT2D eigenvalue weighted by Crippen LogP contribution is -2.24. The quantitative estimate of drug-likeness (QED) is 0.554. The van der Waals surface area contributed by atoms with E-state index in [4.69, 9.17) is 0 Å². The van der Waals surface area contributed by atoms with E-state index in [1.54, 1.807) is 12.1 Å². The van der Waals surface area contributed by atoms with Gasteiger partial charge < -0.3 is 10.2 Å². The molecule has 1 rings (SSSR count). The average molecular weight is 293 g/mol. The molecular weight excluding hydrogens is 266 g/mol. The largest absolute Gasteiger partial charge is 0.385 e. The Balaban J connectivity index is 2.88. The van der Waals surface area contributed by atoms with Crippen LogP contribution in [0.3, 0.4) is 0 Å². The normalized spacial score (nSPS) is 12.4. The molecule has 5 heteroatoms. The Hall–Kier alpha value is -1.62. The second-order valence-electron chi connectivity index (χ2n) is 5.74. The van der Waals surface area contributed by atoms with E-state index in [-0.39, 0.29) is 10.6 Å². The van der Waals surface area contributed by atoms with Crippen molar-refractivity contribution in [2.45, 2.75) is 40.2 Å². The summed E-state index contributed by atoms with van der Waals surface area (Å²) in [4.78, 5) is 12.9. The fourth-order valence-electron chi connectivity index (χ4n) is 2.27. The van der Waals surface area contributed by atoms with E-state index in [9.17, 15) is 10.1 Å². The van der Waals surface area contributed by atoms with Crippen LogP contribution in [0.1, 0.15) is 39.2 Å². The van der Waals surface area contributed by atoms with Crippen LogP contribution in [0, 0.1) is 16.0 Å². The Kier molecular flexibility index (Phi) is 7.15. The van der Waals surface area contributed by atoms with Gasteiger partial charge in [0.1, 0.15) is 0 Å². The zero-order valence-electron chi connectivity index (χ0n) is 13.6. The van der Waals surface area contributed by atoms with Gasteiger partial charge in [-0.25, -0.2) is 0 Å². The monoisotopic (exact) mass is 293 g/mol. The van der Waals surface area contributed by atoms with Crippen molar-refractivity contribution in [3.8, 4) is 0 Å². The molecule has 1 atom stereocenters. The summed E-state index contributed by atoms with van der Waals surface area (Å²) in [6, 6.07) is 5.07. The lowest BCUT2D eigenvalue weighted by molar-refractivity contribution is -0.384. The number of non-ortho nitro benzene ring substituents is 1. The minimum atomic E-state index is -0.332. The van der Waals surface area contributed by atoms with Gasteiger partial charge in [-0.3, -0.25) is 10.1 Å². The third kappa shape index (κ3) is 5.71. The van der Waals surface area contributed by atoms with Crippen LogP contribution in [0.5, 0.6) is 0 Å². The van der Waals surface area contributed by atoms with E-state index < -0.39 is 0 Å². The Labute approximate surface area is 127 Å². The van der Waals surface area contributed by atoms with Gasteiger partial charge in [0.25, 0.3) is 5.69 Å². The van der Waals surface area contributed by atoms with Crippen molar-refractivity contribution in [3.63, 3.8) is 0 Å². The molecule has 0 bridgehead atoms. The predicted octanol–water partition coefficient (Wildman–Crippen LogP) is 3.89. The van der Waals surface area contributed by atoms with Gasteiger partial charge in [-0.2, -0.15) is 0 Å². The number of nitro groups is 1. The van der Waals surface area contributed by atoms with E-state index in [2.05, 4.69) is 38.0 Å². The molecule has 0 fully saturated rings. The van der Waals surface area contributed by atoms with Crippen LogP contribution < -0.4 is 5.32 Å². The predicted molar refractivity (Wildman–Crippen MR) is 87.7 cm³/mol. The Morgan fingerprint density at radius 3 is 2.67 bits per heavy atom. The second-order valence-corrected chi connectivity index (χ2v) is 5.74. The molecule has 0 aromatic heterocycles. The summed E-state index contributed by atoms with van der Waals surface area (Å²) in [5.74, 6) is 0.626. The number of anilines is 1. The maximum atomic E-state index is 11.0. The highest BCUT2D eigenvalue weighted by Gasteiger charge is 2.13. The summed E-state index contributed by atoms with van der Waals surface area (Å²) in [6.07, 6.45) is 2.17. The molecule has 0 aliphatic carbocycles. The summed E-state index contributed by atoms with van der Waals surface area (Å²) in [7, 11) is 2.06. The lowest BCUT2D eigenvalue weighted by Gasteiger charge is -2.22. The molecule has 0 aliphatic rings. The summed E-state index contributed by atoms with van der Waals surface area (Å²) in [5.41, 5.74) is 2.14. The molecule has 5 nitrogen and oxygen atoms in total. The number of nitrogens with one attached hydrogen (secondary N) is 1. The molecule has 1 aromatic rings. The Morgan fingerprint density at radius 1 is 1.38 bits per heavy atom. The van der Waals surface area contributed by atoms with E-state index >= 15 is 0 Å². The van der Waals surface area contributed by atoms with Crippen LogP contribution in [-0.2, 0) is 6.54 Å². The topological polar surface area (TPSA) is 58.4 Å². The lowest BCUT2D eigenvalue weighted by atomic mass is 10.1. The molecule has 0 heterocycles. The maximum absolute atomic E-state index is 11.0. The van der Waals surface area contributed by atoms with Crippen molar-refractivity contribution in [1.82, 2.24) is 4.90 Å². The van der Waals surface area contributed by atoms with Gasteiger partial charge >= 0.3 is 0 Å². The van der Waals surface area contributed by atoms with Crippen molar-refractivity contribution in [3.05, 3.63) is 33.9 Å². The van der Waals surface area contributed by atoms with Gasteiger partial charge in [0.05, 0.1) is 4.92 Å². The van der Waals surface area contributed by atoms with E-state index in [1.807, 2.05) is 6.07 Å². The minimum Gasteiger partial charge on any atom is -0.385 e. The summed E-state index contributed by atoms with van der Waals surface area (Å²) in [5, 5.41) is 14.3.